The molecule has 2 aromatic rings. The van der Waals surface area contributed by atoms with Gasteiger partial charge in [-0.1, -0.05) is 12.1 Å². The number of rotatable bonds is 9. The van der Waals surface area contributed by atoms with Gasteiger partial charge in [0.1, 0.15) is 6.33 Å². The van der Waals surface area contributed by atoms with Crippen LogP contribution in [0.4, 0.5) is 13.2 Å². The first-order chi connectivity index (χ1) is 14.3. The quantitative estimate of drug-likeness (QED) is 0.627. The second-order valence-corrected chi connectivity index (χ2v) is 6.18. The Labute approximate surface area is 171 Å². The molecule has 0 bridgehead atoms. The summed E-state index contributed by atoms with van der Waals surface area (Å²) in [5.74, 6) is -0.876. The molecule has 0 saturated heterocycles. The highest BCUT2D eigenvalue weighted by molar-refractivity contribution is 5.94. The number of alkyl halides is 3. The van der Waals surface area contributed by atoms with E-state index in [1.165, 1.54) is 36.5 Å². The maximum Gasteiger partial charge on any atom is 0.416 e. The topological polar surface area (TPSA) is 84.4 Å². The third-order valence-corrected chi connectivity index (χ3v) is 3.99. The van der Waals surface area contributed by atoms with Crippen molar-refractivity contribution >= 4 is 17.9 Å². The summed E-state index contributed by atoms with van der Waals surface area (Å²) >= 11 is 0. The maximum atomic E-state index is 12.6. The zero-order valence-electron chi connectivity index (χ0n) is 16.2. The molecule has 0 aliphatic rings. The fourth-order valence-electron chi connectivity index (χ4n) is 2.39. The summed E-state index contributed by atoms with van der Waals surface area (Å²) in [6, 6.07) is 6.06. The van der Waals surface area contributed by atoms with Crippen LogP contribution in [0.25, 0.3) is 6.08 Å². The summed E-state index contributed by atoms with van der Waals surface area (Å²) in [5, 5.41) is 2.46. The number of carbonyl (C=O) groups is 2. The van der Waals surface area contributed by atoms with E-state index in [0.29, 0.717) is 24.4 Å². The van der Waals surface area contributed by atoms with Gasteiger partial charge in [0.15, 0.2) is 0 Å². The normalized spacial score (nSPS) is 11.5. The minimum atomic E-state index is -4.42. The van der Waals surface area contributed by atoms with Crippen molar-refractivity contribution in [3.8, 4) is 0 Å². The summed E-state index contributed by atoms with van der Waals surface area (Å²) in [7, 11) is 1.52. The van der Waals surface area contributed by atoms with E-state index in [2.05, 4.69) is 15.3 Å². The SMILES string of the molecule is COCCN(Cc1ccncn1)C(=O)CNC(=O)/C=C/c1ccc(C(F)(F)F)cc1. The van der Waals surface area contributed by atoms with Crippen LogP contribution in [-0.4, -0.2) is 53.5 Å². The van der Waals surface area contributed by atoms with E-state index in [1.54, 1.807) is 12.3 Å². The fourth-order valence-corrected chi connectivity index (χ4v) is 2.39. The van der Waals surface area contributed by atoms with Crippen LogP contribution in [0.5, 0.6) is 0 Å². The number of aromatic nitrogens is 2. The predicted molar refractivity (Wildman–Crippen MR) is 103 cm³/mol. The minimum Gasteiger partial charge on any atom is -0.383 e. The Morgan fingerprint density at radius 1 is 1.20 bits per heavy atom. The van der Waals surface area contributed by atoms with Gasteiger partial charge in [0.25, 0.3) is 0 Å². The van der Waals surface area contributed by atoms with Gasteiger partial charge < -0.3 is 15.0 Å². The number of amides is 2. The molecule has 0 unspecified atom stereocenters. The first-order valence-corrected chi connectivity index (χ1v) is 8.94. The van der Waals surface area contributed by atoms with Gasteiger partial charge in [0.2, 0.25) is 11.8 Å². The molecule has 2 rings (SSSR count). The largest absolute Gasteiger partial charge is 0.416 e. The molecular formula is C20H21F3N4O3. The van der Waals surface area contributed by atoms with Gasteiger partial charge in [-0.05, 0) is 29.8 Å². The summed E-state index contributed by atoms with van der Waals surface area (Å²) < 4.78 is 42.7. The minimum absolute atomic E-state index is 0.238. The molecule has 1 aromatic heterocycles. The van der Waals surface area contributed by atoms with Crippen molar-refractivity contribution in [1.29, 1.82) is 0 Å². The Morgan fingerprint density at radius 3 is 2.53 bits per heavy atom. The van der Waals surface area contributed by atoms with Crippen LogP contribution in [0.1, 0.15) is 16.8 Å². The second kappa shape index (κ2) is 11.1. The van der Waals surface area contributed by atoms with Gasteiger partial charge in [-0.3, -0.25) is 9.59 Å². The molecule has 0 spiro atoms. The van der Waals surface area contributed by atoms with Crippen molar-refractivity contribution in [3.05, 3.63) is 65.8 Å². The van der Waals surface area contributed by atoms with E-state index in [9.17, 15) is 22.8 Å². The molecule has 1 aromatic carbocycles. The number of hydrogen-bond donors (Lipinski definition) is 1. The van der Waals surface area contributed by atoms with E-state index in [-0.39, 0.29) is 19.0 Å². The number of methoxy groups -OCH3 is 1. The zero-order chi connectivity index (χ0) is 22.0. The lowest BCUT2D eigenvalue weighted by Gasteiger charge is -2.22. The van der Waals surface area contributed by atoms with E-state index in [4.69, 9.17) is 4.74 Å². The van der Waals surface area contributed by atoms with Crippen molar-refractivity contribution in [2.45, 2.75) is 12.7 Å². The third kappa shape index (κ3) is 7.63. The summed E-state index contributed by atoms with van der Waals surface area (Å²) in [5.41, 5.74) is 0.299. The third-order valence-electron chi connectivity index (χ3n) is 3.99. The molecule has 2 amide bonds. The first-order valence-electron chi connectivity index (χ1n) is 8.94. The van der Waals surface area contributed by atoms with Crippen LogP contribution in [0.3, 0.4) is 0 Å². The van der Waals surface area contributed by atoms with Gasteiger partial charge in [-0.15, -0.1) is 0 Å². The molecule has 0 fully saturated rings. The van der Waals surface area contributed by atoms with Crippen LogP contribution >= 0.6 is 0 Å². The molecule has 1 heterocycles. The molecule has 0 aliphatic carbocycles. The predicted octanol–water partition coefficient (Wildman–Crippen LogP) is 2.30. The van der Waals surface area contributed by atoms with E-state index < -0.39 is 17.6 Å². The van der Waals surface area contributed by atoms with Crippen LogP contribution in [0.15, 0.2) is 48.9 Å². The van der Waals surface area contributed by atoms with E-state index in [1.807, 2.05) is 0 Å². The van der Waals surface area contributed by atoms with Crippen molar-refractivity contribution < 1.29 is 27.5 Å². The van der Waals surface area contributed by atoms with Gasteiger partial charge in [-0.25, -0.2) is 9.97 Å². The van der Waals surface area contributed by atoms with Crippen LogP contribution < -0.4 is 5.32 Å². The average molecular weight is 422 g/mol. The maximum absolute atomic E-state index is 12.6. The lowest BCUT2D eigenvalue weighted by molar-refractivity contribution is -0.137. The number of carbonyl (C=O) groups excluding carboxylic acids is 2. The van der Waals surface area contributed by atoms with E-state index >= 15 is 0 Å². The van der Waals surface area contributed by atoms with Gasteiger partial charge >= 0.3 is 6.18 Å². The fraction of sp³-hybridized carbons (Fsp3) is 0.300. The highest BCUT2D eigenvalue weighted by atomic mass is 19.4. The van der Waals surface area contributed by atoms with Crippen molar-refractivity contribution in [2.75, 3.05) is 26.8 Å². The number of halogens is 3. The highest BCUT2D eigenvalue weighted by Gasteiger charge is 2.29. The molecule has 10 heteroatoms. The Balaban J connectivity index is 1.89. The van der Waals surface area contributed by atoms with Crippen LogP contribution in [0.2, 0.25) is 0 Å². The number of benzene rings is 1. The lowest BCUT2D eigenvalue weighted by atomic mass is 10.1. The Kier molecular flexibility index (Phi) is 8.48. The first kappa shape index (κ1) is 23.0. The van der Waals surface area contributed by atoms with Gasteiger partial charge in [0, 0.05) is 25.9 Å². The molecule has 1 N–H and O–H groups in total. The summed E-state index contributed by atoms with van der Waals surface area (Å²) in [6.45, 7) is 0.627. The lowest BCUT2D eigenvalue weighted by Crippen LogP contribution is -2.41. The molecule has 0 aliphatic heterocycles. The summed E-state index contributed by atoms with van der Waals surface area (Å²) in [6.07, 6.45) is 1.04. The zero-order valence-corrected chi connectivity index (χ0v) is 16.2. The molecule has 0 radical (unpaired) electrons. The standard InChI is InChI=1S/C20H21F3N4O3/c1-30-11-10-27(13-17-8-9-24-14-26-17)19(29)12-25-18(28)7-4-15-2-5-16(6-3-15)20(21,22)23/h2-9,14H,10-13H2,1H3,(H,25,28)/b7-4+. The highest BCUT2D eigenvalue weighted by Crippen LogP contribution is 2.29. The summed E-state index contributed by atoms with van der Waals surface area (Å²) in [4.78, 5) is 33.8. The Hall–Kier alpha value is -3.27. The number of nitrogens with one attached hydrogen (secondary N) is 1. The van der Waals surface area contributed by atoms with Crippen molar-refractivity contribution in [3.63, 3.8) is 0 Å². The van der Waals surface area contributed by atoms with Crippen molar-refractivity contribution in [1.82, 2.24) is 20.2 Å². The molecule has 30 heavy (non-hydrogen) atoms. The molecule has 7 nitrogen and oxygen atoms in total. The second-order valence-electron chi connectivity index (χ2n) is 6.18. The van der Waals surface area contributed by atoms with Gasteiger partial charge in [-0.2, -0.15) is 13.2 Å². The smallest absolute Gasteiger partial charge is 0.383 e. The average Bonchev–Trinajstić information content (AvgIpc) is 2.73. The number of hydrogen-bond acceptors (Lipinski definition) is 5. The van der Waals surface area contributed by atoms with Crippen LogP contribution in [-0.2, 0) is 27.0 Å². The Morgan fingerprint density at radius 2 is 1.93 bits per heavy atom. The molecule has 0 atom stereocenters. The van der Waals surface area contributed by atoms with Crippen molar-refractivity contribution in [2.24, 2.45) is 0 Å². The molecule has 160 valence electrons. The van der Waals surface area contributed by atoms with Crippen LogP contribution in [0, 0.1) is 0 Å². The molecule has 0 saturated carbocycles. The van der Waals surface area contributed by atoms with E-state index in [0.717, 1.165) is 18.2 Å². The molecular weight excluding hydrogens is 401 g/mol. The van der Waals surface area contributed by atoms with Gasteiger partial charge in [0.05, 0.1) is 31.0 Å². The number of ether oxygens (including phenoxy) is 1. The Bertz CT molecular complexity index is 856. The monoisotopic (exact) mass is 422 g/mol. The number of nitrogens with zero attached hydrogens (tertiary/aromatic N) is 3.